The first-order valence-corrected chi connectivity index (χ1v) is 11.6. The van der Waals surface area contributed by atoms with Gasteiger partial charge in [-0.1, -0.05) is 43.5 Å². The molecule has 1 aromatic rings. The van der Waals surface area contributed by atoms with Crippen LogP contribution in [0.3, 0.4) is 0 Å². The van der Waals surface area contributed by atoms with Crippen LogP contribution in [-0.4, -0.2) is 30.6 Å². The van der Waals surface area contributed by atoms with E-state index in [4.69, 9.17) is 18.5 Å². The van der Waals surface area contributed by atoms with Gasteiger partial charge in [-0.15, -0.1) is 13.2 Å². The van der Waals surface area contributed by atoms with Crippen molar-refractivity contribution >= 4 is 26.5 Å². The zero-order valence-electron chi connectivity index (χ0n) is 15.0. The van der Waals surface area contributed by atoms with Gasteiger partial charge in [-0.2, -0.15) is 4.52 Å². The number of hydrogen-bond donors (Lipinski definition) is 0. The van der Waals surface area contributed by atoms with E-state index in [1.165, 1.54) is 0 Å². The van der Waals surface area contributed by atoms with Crippen LogP contribution in [0.15, 0.2) is 78.2 Å². The Kier molecular flexibility index (Phi) is 12.5. The second-order valence-corrected chi connectivity index (χ2v) is 8.90. The third-order valence-corrected chi connectivity index (χ3v) is 6.78. The highest BCUT2D eigenvalue weighted by atomic mass is 32.7. The Morgan fingerprint density at radius 2 is 1.56 bits per heavy atom. The predicted octanol–water partition coefficient (Wildman–Crippen LogP) is 5.60. The van der Waals surface area contributed by atoms with Gasteiger partial charge < -0.3 is 18.5 Å². The fourth-order valence-corrected chi connectivity index (χ4v) is 5.50. The highest BCUT2D eigenvalue weighted by Crippen LogP contribution is 2.45. The van der Waals surface area contributed by atoms with Crippen molar-refractivity contribution in [2.75, 3.05) is 26.4 Å². The van der Waals surface area contributed by atoms with Crippen molar-refractivity contribution in [1.29, 1.82) is 0 Å². The molecular weight excluding hydrogens is 404 g/mol. The number of para-hydroxylation sites is 1. The molecule has 0 heterocycles. The molecule has 1 aromatic carbocycles. The fourth-order valence-electron chi connectivity index (χ4n) is 1.61. The van der Waals surface area contributed by atoms with Crippen molar-refractivity contribution in [2.24, 2.45) is 4.52 Å². The van der Waals surface area contributed by atoms with Gasteiger partial charge in [-0.05, 0) is 12.1 Å². The number of hydrogen-bond acceptors (Lipinski definition) is 6. The van der Waals surface area contributed by atoms with Gasteiger partial charge in [-0.25, -0.2) is 4.21 Å². The monoisotopic (exact) mass is 427 g/mol. The highest BCUT2D eigenvalue weighted by Gasteiger charge is 2.17. The summed E-state index contributed by atoms with van der Waals surface area (Å²) in [6.07, 6.45) is 6.41. The summed E-state index contributed by atoms with van der Waals surface area (Å²) in [6, 6.07) is 5.19. The van der Waals surface area contributed by atoms with E-state index in [1.807, 2.05) is 0 Å². The minimum Gasteiger partial charge on any atom is -0.486 e. The summed E-state index contributed by atoms with van der Waals surface area (Å²) >= 11 is 0. The summed E-state index contributed by atoms with van der Waals surface area (Å²) in [7, 11) is -2.78. The first-order chi connectivity index (χ1) is 13.2. The Balaban J connectivity index is 3.04. The molecule has 0 N–H and O–H groups in total. The highest BCUT2D eigenvalue weighted by molar-refractivity contribution is 8.36. The summed E-state index contributed by atoms with van der Waals surface area (Å²) in [5.74, 6) is 0.870. The lowest BCUT2D eigenvalue weighted by Gasteiger charge is -2.14. The molecule has 0 spiro atoms. The van der Waals surface area contributed by atoms with Gasteiger partial charge >= 0.3 is 8.53 Å². The van der Waals surface area contributed by atoms with E-state index in [1.54, 1.807) is 42.5 Å². The van der Waals surface area contributed by atoms with Crippen molar-refractivity contribution in [3.63, 3.8) is 0 Å². The normalized spacial score (nSPS) is 11.9. The van der Waals surface area contributed by atoms with Gasteiger partial charge in [0.1, 0.15) is 31.2 Å². The Bertz CT molecular complexity index is 684. The molecule has 0 bridgehead atoms. The lowest BCUT2D eigenvalue weighted by atomic mass is 10.3. The molecule has 0 radical (unpaired) electrons. The number of ether oxygens (including phenoxy) is 2. The summed E-state index contributed by atoms with van der Waals surface area (Å²) in [4.78, 5) is 0.464. The molecule has 146 valence electrons. The molecule has 0 aliphatic carbocycles. The van der Waals surface area contributed by atoms with Gasteiger partial charge in [0.2, 0.25) is 0 Å². The molecule has 0 saturated carbocycles. The van der Waals surface area contributed by atoms with Gasteiger partial charge in [0, 0.05) is 0 Å². The summed E-state index contributed by atoms with van der Waals surface area (Å²) in [5.41, 5.74) is 0. The zero-order valence-corrected chi connectivity index (χ0v) is 17.6. The van der Waals surface area contributed by atoms with Gasteiger partial charge in [0.15, 0.2) is 11.5 Å². The third-order valence-electron chi connectivity index (χ3n) is 2.62. The molecule has 0 saturated heterocycles. The van der Waals surface area contributed by atoms with E-state index in [-0.39, 0.29) is 27.4 Å². The number of nitrogens with zero attached hydrogens (tertiary/aromatic N) is 1. The maximum Gasteiger partial charge on any atom is 0.315 e. The van der Waals surface area contributed by atoms with Crippen molar-refractivity contribution in [2.45, 2.75) is 4.90 Å². The minimum atomic E-state index is -1.56. The van der Waals surface area contributed by atoms with Crippen molar-refractivity contribution in [1.82, 2.24) is 0 Å². The quantitative estimate of drug-likeness (QED) is 0.269. The average molecular weight is 427 g/mol. The van der Waals surface area contributed by atoms with E-state index in [0.29, 0.717) is 23.0 Å². The van der Waals surface area contributed by atoms with Crippen LogP contribution in [0.5, 0.6) is 11.5 Å². The van der Waals surface area contributed by atoms with E-state index in [0.717, 1.165) is 0 Å². The molecular formula is C18H23NO5P2S. The maximum atomic E-state index is 12.8. The van der Waals surface area contributed by atoms with E-state index >= 15 is 0 Å². The van der Waals surface area contributed by atoms with Crippen molar-refractivity contribution in [3.8, 4) is 11.5 Å². The van der Waals surface area contributed by atoms with Crippen LogP contribution in [0.1, 0.15) is 0 Å². The zero-order chi connectivity index (χ0) is 19.9. The van der Waals surface area contributed by atoms with Gasteiger partial charge in [-0.3, -0.25) is 0 Å². The molecule has 27 heavy (non-hydrogen) atoms. The topological polar surface area (TPSA) is 66.4 Å². The molecule has 9 heteroatoms. The molecule has 0 fully saturated rings. The van der Waals surface area contributed by atoms with Crippen LogP contribution in [0.25, 0.3) is 0 Å². The molecule has 0 aliphatic rings. The summed E-state index contributed by atoms with van der Waals surface area (Å²) in [5, 5.41) is 0. The van der Waals surface area contributed by atoms with E-state index in [2.05, 4.69) is 30.8 Å². The lowest BCUT2D eigenvalue weighted by molar-refractivity contribution is 0.292. The second-order valence-electron chi connectivity index (χ2n) is 4.61. The molecule has 1 unspecified atom stereocenters. The van der Waals surface area contributed by atoms with Gasteiger partial charge in [0.05, 0.1) is 18.1 Å². The first kappa shape index (κ1) is 23.4. The van der Waals surface area contributed by atoms with E-state index in [9.17, 15) is 4.21 Å². The smallest absolute Gasteiger partial charge is 0.315 e. The first-order valence-electron chi connectivity index (χ1n) is 7.89. The SMILES string of the molecule is C=CCOc1cccc(S(=O)P=NP(OCC=C)OCC=C)c1OCC=C. The molecule has 0 aromatic heterocycles. The van der Waals surface area contributed by atoms with Crippen LogP contribution in [0.4, 0.5) is 0 Å². The largest absolute Gasteiger partial charge is 0.486 e. The van der Waals surface area contributed by atoms with Crippen LogP contribution >= 0.6 is 16.1 Å². The fraction of sp³-hybridized carbons (Fsp3) is 0.222. The standard InChI is InChI=1S/C18H23NO5P2S/c1-5-12-21-16-10-9-11-17(18(16)22-13-6-2)27(20)25-19-26(23-14-7-3)24-15-8-4/h5-11H,1-4,12-15H2. The maximum absolute atomic E-state index is 12.8. The molecule has 1 atom stereocenters. The minimum absolute atomic E-state index is 0.254. The Morgan fingerprint density at radius 3 is 2.15 bits per heavy atom. The van der Waals surface area contributed by atoms with Crippen LogP contribution in [0, 0.1) is 0 Å². The van der Waals surface area contributed by atoms with E-state index < -0.39 is 18.9 Å². The van der Waals surface area contributed by atoms with Crippen LogP contribution in [-0.2, 0) is 19.5 Å². The Morgan fingerprint density at radius 1 is 0.963 bits per heavy atom. The predicted molar refractivity (Wildman–Crippen MR) is 113 cm³/mol. The van der Waals surface area contributed by atoms with Gasteiger partial charge in [0.25, 0.3) is 0 Å². The third kappa shape index (κ3) is 8.74. The second kappa shape index (κ2) is 14.4. The Labute approximate surface area is 165 Å². The lowest BCUT2D eigenvalue weighted by Crippen LogP contribution is -2.02. The summed E-state index contributed by atoms with van der Waals surface area (Å²) < 4.78 is 39.2. The molecule has 6 nitrogen and oxygen atoms in total. The number of rotatable bonds is 15. The van der Waals surface area contributed by atoms with Crippen LogP contribution in [0.2, 0.25) is 0 Å². The van der Waals surface area contributed by atoms with Crippen LogP contribution < -0.4 is 9.47 Å². The number of benzene rings is 1. The van der Waals surface area contributed by atoms with Crippen molar-refractivity contribution in [3.05, 3.63) is 68.8 Å². The molecule has 0 aliphatic heterocycles. The molecule has 0 amide bonds. The molecule has 1 rings (SSSR count). The van der Waals surface area contributed by atoms with Crippen molar-refractivity contribution < 1.29 is 22.7 Å². The Hall–Kier alpha value is -1.62. The summed E-state index contributed by atoms with van der Waals surface area (Å²) in [6.45, 7) is 15.6. The average Bonchev–Trinajstić information content (AvgIpc) is 2.69.